The molecule has 0 aliphatic carbocycles. The largest absolute Gasteiger partial charge is 0.472 e. The molecule has 59 heavy (non-hydrogen) atoms. The number of ether oxygens (including phenoxy) is 2. The van der Waals surface area contributed by atoms with Crippen LogP contribution in [0.1, 0.15) is 200 Å². The van der Waals surface area contributed by atoms with E-state index < -0.39 is 13.9 Å². The van der Waals surface area contributed by atoms with Crippen molar-refractivity contribution in [2.45, 2.75) is 206 Å². The van der Waals surface area contributed by atoms with E-state index in [4.69, 9.17) is 24.3 Å². The van der Waals surface area contributed by atoms with E-state index in [2.05, 4.69) is 86.8 Å². The molecule has 8 nitrogen and oxygen atoms in total. The molecule has 0 aromatic carbocycles. The van der Waals surface area contributed by atoms with Crippen LogP contribution in [0, 0.1) is 0 Å². The first kappa shape index (κ1) is 56.9. The quantitative estimate of drug-likeness (QED) is 0.0269. The van der Waals surface area contributed by atoms with Crippen molar-refractivity contribution in [3.63, 3.8) is 0 Å². The molecule has 9 heteroatoms. The molecule has 0 fully saturated rings. The first-order chi connectivity index (χ1) is 28.9. The predicted octanol–water partition coefficient (Wildman–Crippen LogP) is 14.7. The lowest BCUT2D eigenvalue weighted by Crippen LogP contribution is -2.28. The Hall–Kier alpha value is -2.06. The Bertz CT molecular complexity index is 1130. The number of rotatable bonds is 45. The van der Waals surface area contributed by atoms with Gasteiger partial charge in [-0.05, 0) is 83.5 Å². The van der Waals surface area contributed by atoms with Crippen LogP contribution in [0.3, 0.4) is 0 Å². The molecule has 0 aliphatic heterocycles. The molecule has 0 aromatic heterocycles. The summed E-state index contributed by atoms with van der Waals surface area (Å²) in [7, 11) is -4.29. The molecule has 2 atom stereocenters. The van der Waals surface area contributed by atoms with Gasteiger partial charge in [0.25, 0.3) is 0 Å². The Labute approximate surface area is 363 Å². The van der Waals surface area contributed by atoms with E-state index in [1.165, 1.54) is 103 Å². The second-order valence-electron chi connectivity index (χ2n) is 15.6. The van der Waals surface area contributed by atoms with E-state index >= 15 is 0 Å². The van der Waals surface area contributed by atoms with Crippen LogP contribution in [0.5, 0.6) is 0 Å². The SMILES string of the molecule is CC/C=C\C/C=C\C/C=C\C/C=C\CCCCCCCCCCCCC(=O)OC(COCCCCCCCC/C=C\C/C=C\CCCCCC)COP(=O)(O)OCCN. The minimum absolute atomic E-state index is 0.0947. The number of phosphoric ester groups is 1. The Morgan fingerprint density at radius 3 is 1.42 bits per heavy atom. The number of carbonyl (C=O) groups is 1. The second kappa shape index (κ2) is 47.0. The maximum Gasteiger partial charge on any atom is 0.472 e. The third-order valence-electron chi connectivity index (χ3n) is 9.86. The standard InChI is InChI=1S/C50H90NO7P/c1-3-5-7-9-11-13-15-17-19-21-22-23-24-25-26-27-29-31-33-35-37-39-41-43-50(52)58-49(48-57-59(53,54)56-46-44-51)47-55-45-42-40-38-36-34-32-30-28-20-18-16-14-12-10-8-6-4-2/h5,7,11,13-14,16-17,19-20,22-23,28,49H,3-4,6,8-10,12,15,18,21,24-27,29-48,51H2,1-2H3,(H,53,54)/b7-5-,13-11-,16-14-,19-17-,23-22-,28-20-. The predicted molar refractivity (Wildman–Crippen MR) is 252 cm³/mol. The van der Waals surface area contributed by atoms with Gasteiger partial charge in [0.05, 0.1) is 19.8 Å². The van der Waals surface area contributed by atoms with Crippen LogP contribution in [0.2, 0.25) is 0 Å². The average molecular weight is 848 g/mol. The zero-order chi connectivity index (χ0) is 43.0. The lowest BCUT2D eigenvalue weighted by Gasteiger charge is -2.20. The molecule has 342 valence electrons. The van der Waals surface area contributed by atoms with Crippen LogP contribution in [0.4, 0.5) is 0 Å². The number of phosphoric acid groups is 1. The summed E-state index contributed by atoms with van der Waals surface area (Å²) in [6.07, 6.45) is 59.2. The summed E-state index contributed by atoms with van der Waals surface area (Å²) in [5, 5.41) is 0. The van der Waals surface area contributed by atoms with Gasteiger partial charge in [0.2, 0.25) is 0 Å². The fourth-order valence-electron chi connectivity index (χ4n) is 6.37. The van der Waals surface area contributed by atoms with Gasteiger partial charge in [-0.3, -0.25) is 13.8 Å². The van der Waals surface area contributed by atoms with Crippen molar-refractivity contribution in [1.29, 1.82) is 0 Å². The van der Waals surface area contributed by atoms with E-state index in [1.807, 2.05) is 0 Å². The van der Waals surface area contributed by atoms with Crippen molar-refractivity contribution in [3.05, 3.63) is 72.9 Å². The molecule has 0 heterocycles. The number of unbranched alkanes of at least 4 members (excludes halogenated alkanes) is 20. The Morgan fingerprint density at radius 1 is 0.525 bits per heavy atom. The van der Waals surface area contributed by atoms with E-state index in [0.29, 0.717) is 13.0 Å². The molecule has 3 N–H and O–H groups in total. The summed E-state index contributed by atoms with van der Waals surface area (Å²) < 4.78 is 33.5. The van der Waals surface area contributed by atoms with Crippen LogP contribution >= 0.6 is 7.82 Å². The molecule has 2 unspecified atom stereocenters. The van der Waals surface area contributed by atoms with E-state index in [1.54, 1.807) is 0 Å². The minimum Gasteiger partial charge on any atom is -0.457 e. The third-order valence-corrected chi connectivity index (χ3v) is 10.8. The van der Waals surface area contributed by atoms with Crippen molar-refractivity contribution in [2.75, 3.05) is 33.0 Å². The Morgan fingerprint density at radius 2 is 0.949 bits per heavy atom. The second-order valence-corrected chi connectivity index (χ2v) is 17.0. The highest BCUT2D eigenvalue weighted by Gasteiger charge is 2.25. The van der Waals surface area contributed by atoms with E-state index in [9.17, 15) is 14.3 Å². The normalized spacial score (nSPS) is 14.0. The molecule has 0 spiro atoms. The molecule has 0 rings (SSSR count). The van der Waals surface area contributed by atoms with Crippen LogP contribution in [0.15, 0.2) is 72.9 Å². The van der Waals surface area contributed by atoms with Gasteiger partial charge in [0, 0.05) is 19.6 Å². The fourth-order valence-corrected chi connectivity index (χ4v) is 7.14. The van der Waals surface area contributed by atoms with Gasteiger partial charge in [0.1, 0.15) is 6.10 Å². The zero-order valence-corrected chi connectivity index (χ0v) is 38.9. The minimum atomic E-state index is -4.29. The molecule has 0 saturated carbocycles. The first-order valence-corrected chi connectivity index (χ1v) is 25.4. The summed E-state index contributed by atoms with van der Waals surface area (Å²) >= 11 is 0. The van der Waals surface area contributed by atoms with Crippen LogP contribution in [0.25, 0.3) is 0 Å². The summed E-state index contributed by atoms with van der Waals surface area (Å²) in [4.78, 5) is 22.6. The fraction of sp³-hybridized carbons (Fsp3) is 0.740. The van der Waals surface area contributed by atoms with Gasteiger partial charge in [-0.1, -0.05) is 183 Å². The van der Waals surface area contributed by atoms with Gasteiger partial charge in [-0.2, -0.15) is 0 Å². The number of nitrogens with two attached hydrogens (primary N) is 1. The van der Waals surface area contributed by atoms with Crippen molar-refractivity contribution < 1.29 is 32.8 Å². The van der Waals surface area contributed by atoms with Gasteiger partial charge in [-0.25, -0.2) is 4.57 Å². The van der Waals surface area contributed by atoms with Crippen molar-refractivity contribution in [1.82, 2.24) is 0 Å². The van der Waals surface area contributed by atoms with Gasteiger partial charge in [-0.15, -0.1) is 0 Å². The topological polar surface area (TPSA) is 117 Å². The summed E-state index contributed by atoms with van der Waals surface area (Å²) in [6, 6.07) is 0. The molecule has 0 aromatic rings. The number of carbonyl (C=O) groups excluding carboxylic acids is 1. The Kier molecular flexibility index (Phi) is 45.4. The smallest absolute Gasteiger partial charge is 0.457 e. The summed E-state index contributed by atoms with van der Waals surface area (Å²) in [5.74, 6) is -0.341. The van der Waals surface area contributed by atoms with Gasteiger partial charge < -0.3 is 20.1 Å². The molecule has 0 bridgehead atoms. The van der Waals surface area contributed by atoms with Crippen LogP contribution in [-0.4, -0.2) is 49.9 Å². The summed E-state index contributed by atoms with van der Waals surface area (Å²) in [5.41, 5.74) is 5.38. The molecule has 0 saturated heterocycles. The molecular weight excluding hydrogens is 758 g/mol. The lowest BCUT2D eigenvalue weighted by molar-refractivity contribution is -0.154. The van der Waals surface area contributed by atoms with Crippen molar-refractivity contribution in [3.8, 4) is 0 Å². The number of hydrogen-bond acceptors (Lipinski definition) is 7. The van der Waals surface area contributed by atoms with Gasteiger partial charge >= 0.3 is 13.8 Å². The molecule has 0 aliphatic rings. The number of esters is 1. The maximum absolute atomic E-state index is 12.6. The highest BCUT2D eigenvalue weighted by molar-refractivity contribution is 7.47. The van der Waals surface area contributed by atoms with Crippen LogP contribution in [-0.2, 0) is 27.9 Å². The van der Waals surface area contributed by atoms with Crippen molar-refractivity contribution >= 4 is 13.8 Å². The highest BCUT2D eigenvalue weighted by atomic mass is 31.2. The molecule has 0 amide bonds. The zero-order valence-electron chi connectivity index (χ0n) is 38.0. The number of allylic oxidation sites excluding steroid dienone is 12. The van der Waals surface area contributed by atoms with Crippen molar-refractivity contribution in [2.24, 2.45) is 5.73 Å². The van der Waals surface area contributed by atoms with Gasteiger partial charge in [0.15, 0.2) is 0 Å². The van der Waals surface area contributed by atoms with E-state index in [0.717, 1.165) is 77.0 Å². The third kappa shape index (κ3) is 46.9. The van der Waals surface area contributed by atoms with Crippen LogP contribution < -0.4 is 5.73 Å². The maximum atomic E-state index is 12.6. The molecular formula is C50H90NO7P. The highest BCUT2D eigenvalue weighted by Crippen LogP contribution is 2.43. The first-order valence-electron chi connectivity index (χ1n) is 23.9. The van der Waals surface area contributed by atoms with E-state index in [-0.39, 0.29) is 32.3 Å². The number of hydrogen-bond donors (Lipinski definition) is 2. The summed E-state index contributed by atoms with van der Waals surface area (Å²) in [6.45, 7) is 4.76. The lowest BCUT2D eigenvalue weighted by atomic mass is 10.0. The Balaban J connectivity index is 4.01. The average Bonchev–Trinajstić information content (AvgIpc) is 3.23. The monoisotopic (exact) mass is 848 g/mol. The molecule has 0 radical (unpaired) electrons.